The Morgan fingerprint density at radius 1 is 1.30 bits per heavy atom. The van der Waals surface area contributed by atoms with E-state index in [1.807, 2.05) is 0 Å². The second-order valence-corrected chi connectivity index (χ2v) is 6.31. The molecule has 1 fully saturated rings. The van der Waals surface area contributed by atoms with Gasteiger partial charge in [-0.15, -0.1) is 11.6 Å². The van der Waals surface area contributed by atoms with Crippen molar-refractivity contribution >= 4 is 22.6 Å². The van der Waals surface area contributed by atoms with E-state index in [2.05, 4.69) is 36.6 Å². The van der Waals surface area contributed by atoms with Gasteiger partial charge in [0, 0.05) is 6.04 Å². The topological polar surface area (TPSA) is 17.8 Å². The number of nitrogens with zero attached hydrogens (tertiary/aromatic N) is 2. The lowest BCUT2D eigenvalue weighted by atomic mass is 9.82. The highest BCUT2D eigenvalue weighted by molar-refractivity contribution is 6.16. The smallest absolute Gasteiger partial charge is 0.125 e. The van der Waals surface area contributed by atoms with Crippen molar-refractivity contribution < 1.29 is 0 Å². The number of hydrogen-bond donors (Lipinski definition) is 0. The molecule has 0 aliphatic heterocycles. The summed E-state index contributed by atoms with van der Waals surface area (Å²) < 4.78 is 2.44. The van der Waals surface area contributed by atoms with Crippen LogP contribution in [-0.4, -0.2) is 9.55 Å². The van der Waals surface area contributed by atoms with Gasteiger partial charge in [0.1, 0.15) is 5.82 Å². The van der Waals surface area contributed by atoms with E-state index in [4.69, 9.17) is 16.6 Å². The van der Waals surface area contributed by atoms with Gasteiger partial charge in [0.15, 0.2) is 0 Å². The van der Waals surface area contributed by atoms with Gasteiger partial charge in [0.25, 0.3) is 0 Å². The summed E-state index contributed by atoms with van der Waals surface area (Å²) in [5.74, 6) is 2.31. The van der Waals surface area contributed by atoms with Crippen molar-refractivity contribution in [2.24, 2.45) is 5.92 Å². The highest BCUT2D eigenvalue weighted by Gasteiger charge is 2.28. The minimum Gasteiger partial charge on any atom is -0.324 e. The molecule has 0 saturated heterocycles. The molecule has 2 aromatic rings. The van der Waals surface area contributed by atoms with Crippen molar-refractivity contribution in [3.05, 3.63) is 29.6 Å². The molecule has 0 amide bonds. The van der Waals surface area contributed by atoms with Crippen LogP contribution < -0.4 is 0 Å². The molecule has 1 aliphatic rings. The normalized spacial score (nSPS) is 23.4. The number of benzene rings is 1. The maximum absolute atomic E-state index is 6.17. The summed E-state index contributed by atoms with van der Waals surface area (Å²) in [7, 11) is 0. The van der Waals surface area contributed by atoms with Crippen LogP contribution in [0.1, 0.15) is 56.5 Å². The van der Waals surface area contributed by atoms with Crippen molar-refractivity contribution in [1.29, 1.82) is 0 Å². The summed E-state index contributed by atoms with van der Waals surface area (Å²) in [5.41, 5.74) is 3.62. The lowest BCUT2D eigenvalue weighted by Crippen LogP contribution is -2.24. The first-order valence-electron chi connectivity index (χ1n) is 7.78. The van der Waals surface area contributed by atoms with Gasteiger partial charge >= 0.3 is 0 Å². The van der Waals surface area contributed by atoms with E-state index in [0.717, 1.165) is 17.3 Å². The Balaban J connectivity index is 2.13. The van der Waals surface area contributed by atoms with Crippen LogP contribution >= 0.6 is 11.6 Å². The third kappa shape index (κ3) is 2.35. The van der Waals surface area contributed by atoms with Crippen molar-refractivity contribution in [1.82, 2.24) is 9.55 Å². The van der Waals surface area contributed by atoms with Crippen LogP contribution in [0.4, 0.5) is 0 Å². The molecule has 3 heteroatoms. The van der Waals surface area contributed by atoms with Crippen LogP contribution in [-0.2, 0) is 5.88 Å². The molecule has 0 spiro atoms. The van der Waals surface area contributed by atoms with E-state index in [-0.39, 0.29) is 0 Å². The molecule has 0 bridgehead atoms. The Morgan fingerprint density at radius 3 is 2.85 bits per heavy atom. The average molecular weight is 291 g/mol. The minimum atomic E-state index is 0.501. The number of imidazole rings is 1. The van der Waals surface area contributed by atoms with Crippen molar-refractivity contribution in [2.75, 3.05) is 0 Å². The first kappa shape index (κ1) is 13.9. The number of alkyl halides is 1. The highest BCUT2D eigenvalue weighted by Crippen LogP contribution is 2.39. The number of aryl methyl sites for hydroxylation is 1. The molecule has 1 aromatic carbocycles. The van der Waals surface area contributed by atoms with Gasteiger partial charge in [-0.3, -0.25) is 0 Å². The van der Waals surface area contributed by atoms with Crippen molar-refractivity contribution in [2.45, 2.75) is 57.9 Å². The summed E-state index contributed by atoms with van der Waals surface area (Å²) in [6, 6.07) is 7.15. The van der Waals surface area contributed by atoms with Gasteiger partial charge in [-0.2, -0.15) is 0 Å². The van der Waals surface area contributed by atoms with Gasteiger partial charge in [0.05, 0.1) is 16.9 Å². The lowest BCUT2D eigenvalue weighted by molar-refractivity contribution is 0.234. The van der Waals surface area contributed by atoms with E-state index < -0.39 is 0 Å². The Bertz CT molecular complexity index is 602. The van der Waals surface area contributed by atoms with Crippen LogP contribution in [0.25, 0.3) is 11.0 Å². The number of fused-ring (bicyclic) bond motifs is 1. The monoisotopic (exact) mass is 290 g/mol. The second kappa shape index (κ2) is 5.77. The zero-order valence-corrected chi connectivity index (χ0v) is 13.2. The Labute approximate surface area is 126 Å². The van der Waals surface area contributed by atoms with E-state index in [1.165, 1.54) is 43.2 Å². The summed E-state index contributed by atoms with van der Waals surface area (Å²) in [6.07, 6.45) is 6.56. The maximum Gasteiger partial charge on any atom is 0.125 e. The summed E-state index contributed by atoms with van der Waals surface area (Å²) in [4.78, 5) is 4.77. The van der Waals surface area contributed by atoms with Crippen molar-refractivity contribution in [3.8, 4) is 0 Å². The molecule has 3 rings (SSSR count). The van der Waals surface area contributed by atoms with Crippen molar-refractivity contribution in [3.63, 3.8) is 0 Å². The quantitative estimate of drug-likeness (QED) is 0.708. The Kier molecular flexibility index (Phi) is 4.02. The standard InChI is InChI=1S/C17H23ClN2/c1-3-13-6-4-5-7-15(13)20-16-9-8-12(2)10-14(16)19-17(20)11-18/h8-10,13,15H,3-7,11H2,1-2H3. The second-order valence-electron chi connectivity index (χ2n) is 6.04. The van der Waals surface area contributed by atoms with Crippen LogP contribution in [0.5, 0.6) is 0 Å². The van der Waals surface area contributed by atoms with E-state index in [1.54, 1.807) is 0 Å². The molecule has 108 valence electrons. The third-order valence-corrected chi connectivity index (χ3v) is 5.00. The Morgan fingerprint density at radius 2 is 2.10 bits per heavy atom. The fourth-order valence-electron chi connectivity index (χ4n) is 3.73. The lowest BCUT2D eigenvalue weighted by Gasteiger charge is -2.33. The number of aromatic nitrogens is 2. The first-order chi connectivity index (χ1) is 9.74. The minimum absolute atomic E-state index is 0.501. The van der Waals surface area contributed by atoms with Crippen LogP contribution in [0.2, 0.25) is 0 Å². The molecule has 1 aromatic heterocycles. The van der Waals surface area contributed by atoms with E-state index in [0.29, 0.717) is 11.9 Å². The number of halogens is 1. The molecular formula is C17H23ClN2. The predicted molar refractivity (Wildman–Crippen MR) is 85.3 cm³/mol. The van der Waals surface area contributed by atoms with Crippen LogP contribution in [0.15, 0.2) is 18.2 Å². The molecule has 1 saturated carbocycles. The van der Waals surface area contributed by atoms with E-state index in [9.17, 15) is 0 Å². The predicted octanol–water partition coefficient (Wildman–Crippen LogP) is 5.22. The highest BCUT2D eigenvalue weighted by atomic mass is 35.5. The molecule has 2 atom stereocenters. The number of rotatable bonds is 3. The molecule has 20 heavy (non-hydrogen) atoms. The molecule has 2 nitrogen and oxygen atoms in total. The number of hydrogen-bond acceptors (Lipinski definition) is 1. The van der Waals surface area contributed by atoms with Gasteiger partial charge < -0.3 is 4.57 Å². The molecule has 0 N–H and O–H groups in total. The third-order valence-electron chi connectivity index (χ3n) is 4.76. The fourth-order valence-corrected chi connectivity index (χ4v) is 3.92. The Hall–Kier alpha value is -1.02. The molecular weight excluding hydrogens is 268 g/mol. The molecule has 2 unspecified atom stereocenters. The molecule has 1 aliphatic carbocycles. The maximum atomic E-state index is 6.17. The zero-order valence-electron chi connectivity index (χ0n) is 12.4. The fraction of sp³-hybridized carbons (Fsp3) is 0.588. The summed E-state index contributed by atoms with van der Waals surface area (Å²) >= 11 is 6.17. The van der Waals surface area contributed by atoms with Gasteiger partial charge in [-0.25, -0.2) is 4.98 Å². The molecule has 0 radical (unpaired) electrons. The van der Waals surface area contributed by atoms with E-state index >= 15 is 0 Å². The first-order valence-corrected chi connectivity index (χ1v) is 8.31. The van der Waals surface area contributed by atoms with Crippen LogP contribution in [0, 0.1) is 12.8 Å². The van der Waals surface area contributed by atoms with Crippen LogP contribution in [0.3, 0.4) is 0 Å². The average Bonchev–Trinajstić information content (AvgIpc) is 2.84. The molecule has 1 heterocycles. The van der Waals surface area contributed by atoms with Gasteiger partial charge in [-0.05, 0) is 43.4 Å². The SMILES string of the molecule is CCC1CCCCC1n1c(CCl)nc2cc(C)ccc21. The summed E-state index contributed by atoms with van der Waals surface area (Å²) in [5, 5.41) is 0. The van der Waals surface area contributed by atoms with Gasteiger partial charge in [0.2, 0.25) is 0 Å². The zero-order chi connectivity index (χ0) is 14.1. The summed E-state index contributed by atoms with van der Waals surface area (Å²) in [6.45, 7) is 4.43. The largest absolute Gasteiger partial charge is 0.324 e. The van der Waals surface area contributed by atoms with Gasteiger partial charge in [-0.1, -0.05) is 32.3 Å².